The zero-order valence-electron chi connectivity index (χ0n) is 20.3. The van der Waals surface area contributed by atoms with Gasteiger partial charge < -0.3 is 19.2 Å². The summed E-state index contributed by atoms with van der Waals surface area (Å²) in [5, 5.41) is 0.112. The minimum atomic E-state index is -4.90. The van der Waals surface area contributed by atoms with Crippen LogP contribution < -0.4 is 10.2 Å². The smallest absolute Gasteiger partial charge is 0.417 e. The van der Waals surface area contributed by atoms with E-state index in [0.29, 0.717) is 0 Å². The normalized spacial score (nSPS) is 23.9. The first-order valence-electron chi connectivity index (χ1n) is 11.5. The molecule has 0 unspecified atom stereocenters. The van der Waals surface area contributed by atoms with Gasteiger partial charge in [-0.3, -0.25) is 4.79 Å². The van der Waals surface area contributed by atoms with E-state index in [4.69, 9.17) is 14.2 Å². The van der Waals surface area contributed by atoms with Crippen molar-refractivity contribution in [2.24, 2.45) is 5.92 Å². The summed E-state index contributed by atoms with van der Waals surface area (Å²) in [6.45, 7) is 3.49. The van der Waals surface area contributed by atoms with Gasteiger partial charge >= 0.3 is 12.1 Å². The van der Waals surface area contributed by atoms with Crippen LogP contribution in [0.15, 0.2) is 41.2 Å². The second-order valence-electron chi connectivity index (χ2n) is 8.95. The van der Waals surface area contributed by atoms with Crippen molar-refractivity contribution in [3.63, 3.8) is 0 Å². The van der Waals surface area contributed by atoms with Gasteiger partial charge in [0, 0.05) is 28.3 Å². The lowest BCUT2D eigenvalue weighted by Crippen LogP contribution is -2.46. The lowest BCUT2D eigenvalue weighted by Gasteiger charge is -2.32. The summed E-state index contributed by atoms with van der Waals surface area (Å²) >= 11 is 0. The monoisotopic (exact) mass is 525 g/mol. The Kier molecular flexibility index (Phi) is 6.78. The van der Waals surface area contributed by atoms with E-state index in [2.05, 4.69) is 4.98 Å². The first kappa shape index (κ1) is 26.6. The molecule has 3 aromatic rings. The number of carbonyl (C=O) groups is 1. The number of H-pyrrole nitrogens is 1. The number of para-hydroxylation sites is 1. The molecule has 4 rings (SSSR count). The quantitative estimate of drug-likeness (QED) is 0.336. The fourth-order valence-electron chi connectivity index (χ4n) is 4.94. The Morgan fingerprint density at radius 3 is 2.46 bits per heavy atom. The van der Waals surface area contributed by atoms with Crippen molar-refractivity contribution in [1.29, 1.82) is 0 Å². The number of fused-ring (bicyclic) bond motifs is 1. The molecule has 198 valence electrons. The van der Waals surface area contributed by atoms with Crippen LogP contribution in [0.5, 0.6) is 5.75 Å². The third-order valence-corrected chi connectivity index (χ3v) is 7.01. The van der Waals surface area contributed by atoms with Crippen LogP contribution in [0, 0.1) is 17.6 Å². The molecule has 0 radical (unpaired) electrons. The second kappa shape index (κ2) is 9.44. The molecule has 2 heterocycles. The Morgan fingerprint density at radius 2 is 1.84 bits per heavy atom. The standard InChI is InChI=1S/C26H24F5NO5/c1-5-36-24(34)18-20(32-16-9-7-6-8-13(16)21(18)33)23-17(12(2)25(3,37-23)26(29,30)31)14-10-11-15(27)19(28)22(14)35-4/h6-12,17,23H,5H2,1-4H3,(H,32,33)/t12-,17-,23+,25+/m0/s1. The van der Waals surface area contributed by atoms with Gasteiger partial charge in [-0.2, -0.15) is 17.6 Å². The maximum Gasteiger partial charge on any atom is 0.417 e. The van der Waals surface area contributed by atoms with E-state index in [-0.39, 0.29) is 28.8 Å². The molecule has 0 aliphatic carbocycles. The molecular weight excluding hydrogens is 501 g/mol. The van der Waals surface area contributed by atoms with E-state index in [1.807, 2.05) is 0 Å². The third kappa shape index (κ3) is 4.14. The van der Waals surface area contributed by atoms with Crippen molar-refractivity contribution in [1.82, 2.24) is 4.98 Å². The lowest BCUT2D eigenvalue weighted by molar-refractivity contribution is -0.275. The van der Waals surface area contributed by atoms with Crippen LogP contribution in [-0.2, 0) is 9.47 Å². The first-order chi connectivity index (χ1) is 17.4. The fraction of sp³-hybridized carbons (Fsp3) is 0.385. The molecule has 1 N–H and O–H groups in total. The van der Waals surface area contributed by atoms with E-state index < -0.39 is 64.1 Å². The van der Waals surface area contributed by atoms with E-state index in [0.717, 1.165) is 26.2 Å². The molecule has 1 aliphatic rings. The molecule has 0 amide bonds. The van der Waals surface area contributed by atoms with E-state index in [1.54, 1.807) is 12.1 Å². The number of hydrogen-bond acceptors (Lipinski definition) is 5. The first-order valence-corrected chi connectivity index (χ1v) is 11.5. The van der Waals surface area contributed by atoms with Gasteiger partial charge in [0.05, 0.1) is 19.4 Å². The summed E-state index contributed by atoms with van der Waals surface area (Å²) in [4.78, 5) is 29.2. The summed E-state index contributed by atoms with van der Waals surface area (Å²) in [5.74, 6) is -7.00. The van der Waals surface area contributed by atoms with Gasteiger partial charge in [0.15, 0.2) is 17.2 Å². The average Bonchev–Trinajstić information content (AvgIpc) is 3.12. The van der Waals surface area contributed by atoms with Crippen LogP contribution in [0.1, 0.15) is 54.4 Å². The Labute approximate surface area is 208 Å². The highest BCUT2D eigenvalue weighted by molar-refractivity contribution is 5.95. The molecule has 37 heavy (non-hydrogen) atoms. The van der Waals surface area contributed by atoms with Gasteiger partial charge in [-0.05, 0) is 32.0 Å². The second-order valence-corrected chi connectivity index (χ2v) is 8.95. The predicted octanol–water partition coefficient (Wildman–Crippen LogP) is 5.80. The van der Waals surface area contributed by atoms with Crippen molar-refractivity contribution < 1.29 is 41.0 Å². The van der Waals surface area contributed by atoms with Gasteiger partial charge in [-0.25, -0.2) is 9.18 Å². The Morgan fingerprint density at radius 1 is 1.16 bits per heavy atom. The third-order valence-electron chi connectivity index (χ3n) is 7.01. The fourth-order valence-corrected chi connectivity index (χ4v) is 4.94. The number of pyridine rings is 1. The molecule has 11 heteroatoms. The summed E-state index contributed by atoms with van der Waals surface area (Å²) in [5.41, 5.74) is -4.23. The van der Waals surface area contributed by atoms with Gasteiger partial charge in [0.2, 0.25) is 11.2 Å². The number of esters is 1. The van der Waals surface area contributed by atoms with Crippen molar-refractivity contribution in [2.75, 3.05) is 13.7 Å². The van der Waals surface area contributed by atoms with Gasteiger partial charge in [0.1, 0.15) is 11.7 Å². The summed E-state index contributed by atoms with van der Waals surface area (Å²) < 4.78 is 87.5. The zero-order valence-corrected chi connectivity index (χ0v) is 20.3. The van der Waals surface area contributed by atoms with Crippen LogP contribution in [0.3, 0.4) is 0 Å². The van der Waals surface area contributed by atoms with Crippen LogP contribution >= 0.6 is 0 Å². The van der Waals surface area contributed by atoms with Gasteiger partial charge in [-0.1, -0.05) is 25.1 Å². The molecule has 1 fully saturated rings. The number of alkyl halides is 3. The number of aromatic nitrogens is 1. The topological polar surface area (TPSA) is 77.6 Å². The maximum absolute atomic E-state index is 14.7. The highest BCUT2D eigenvalue weighted by Crippen LogP contribution is 2.59. The lowest BCUT2D eigenvalue weighted by atomic mass is 9.76. The Bertz CT molecular complexity index is 1420. The largest absolute Gasteiger partial charge is 0.493 e. The van der Waals surface area contributed by atoms with E-state index >= 15 is 0 Å². The minimum absolute atomic E-state index is 0.104. The summed E-state index contributed by atoms with van der Waals surface area (Å²) in [7, 11) is 1.06. The number of carbonyl (C=O) groups excluding carboxylic acids is 1. The number of nitrogens with one attached hydrogen (secondary N) is 1. The van der Waals surface area contributed by atoms with Crippen molar-refractivity contribution in [3.05, 3.63) is 75.1 Å². The number of rotatable bonds is 5. The number of aromatic amines is 1. The molecule has 2 aromatic carbocycles. The number of ether oxygens (including phenoxy) is 3. The van der Waals surface area contributed by atoms with Crippen molar-refractivity contribution >= 4 is 16.9 Å². The average molecular weight is 525 g/mol. The highest BCUT2D eigenvalue weighted by Gasteiger charge is 2.65. The number of methoxy groups -OCH3 is 1. The van der Waals surface area contributed by atoms with Crippen molar-refractivity contribution in [3.8, 4) is 5.75 Å². The number of benzene rings is 2. The summed E-state index contributed by atoms with van der Waals surface area (Å²) in [6.07, 6.45) is -6.51. The van der Waals surface area contributed by atoms with Gasteiger partial charge in [-0.15, -0.1) is 0 Å². The Balaban J connectivity index is 2.07. The molecule has 1 saturated heterocycles. The van der Waals surface area contributed by atoms with Crippen LogP contribution in [-0.4, -0.2) is 36.4 Å². The van der Waals surface area contributed by atoms with E-state index in [1.165, 1.54) is 26.0 Å². The van der Waals surface area contributed by atoms with E-state index in [9.17, 15) is 31.5 Å². The summed E-state index contributed by atoms with van der Waals surface area (Å²) in [6, 6.07) is 8.02. The van der Waals surface area contributed by atoms with Crippen molar-refractivity contribution in [2.45, 2.75) is 44.6 Å². The molecule has 0 saturated carbocycles. The Hall–Kier alpha value is -3.47. The SMILES string of the molecule is CCOC(=O)c1c([C@@H]2O[C@@](C)(C(F)(F)F)[C@@H](C)[C@H]2c2ccc(F)c(F)c2OC)[nH]c2ccccc2c1=O. The molecule has 0 bridgehead atoms. The minimum Gasteiger partial charge on any atom is -0.493 e. The van der Waals surface area contributed by atoms with Crippen LogP contribution in [0.4, 0.5) is 22.0 Å². The zero-order chi connectivity index (χ0) is 27.3. The molecule has 1 aliphatic heterocycles. The highest BCUT2D eigenvalue weighted by atomic mass is 19.4. The molecule has 4 atom stereocenters. The maximum atomic E-state index is 14.7. The molecule has 1 aromatic heterocycles. The number of halogens is 5. The number of hydrogen-bond donors (Lipinski definition) is 1. The predicted molar refractivity (Wildman–Crippen MR) is 124 cm³/mol. The van der Waals surface area contributed by atoms with Crippen LogP contribution in [0.2, 0.25) is 0 Å². The van der Waals surface area contributed by atoms with Crippen LogP contribution in [0.25, 0.3) is 10.9 Å². The molecular formula is C26H24F5NO5. The van der Waals surface area contributed by atoms with Gasteiger partial charge in [0.25, 0.3) is 0 Å². The molecule has 6 nitrogen and oxygen atoms in total. The molecule has 0 spiro atoms.